The molecule has 7 nitrogen and oxygen atoms in total. The predicted octanol–water partition coefficient (Wildman–Crippen LogP) is 3.53. The number of carbonyl (C=O) groups is 2. The molecule has 1 saturated heterocycles. The predicted molar refractivity (Wildman–Crippen MR) is 112 cm³/mol. The molecule has 0 aliphatic carbocycles. The van der Waals surface area contributed by atoms with Gasteiger partial charge in [0, 0.05) is 24.7 Å². The summed E-state index contributed by atoms with van der Waals surface area (Å²) in [5.74, 6) is -1.01. The van der Waals surface area contributed by atoms with Crippen LogP contribution in [0.1, 0.15) is 53.6 Å². The summed E-state index contributed by atoms with van der Waals surface area (Å²) in [5, 5.41) is 6.63. The van der Waals surface area contributed by atoms with E-state index in [2.05, 4.69) is 29.2 Å². The quantitative estimate of drug-likeness (QED) is 0.651. The van der Waals surface area contributed by atoms with Crippen molar-refractivity contribution in [3.63, 3.8) is 0 Å². The average Bonchev–Trinajstić information content (AvgIpc) is 3.39. The second-order valence-electron chi connectivity index (χ2n) is 8.04. The second kappa shape index (κ2) is 9.72. The zero-order valence-electron chi connectivity index (χ0n) is 18.3. The summed E-state index contributed by atoms with van der Waals surface area (Å²) >= 11 is 0. The Hall–Kier alpha value is -2.88. The highest BCUT2D eigenvalue weighted by atomic mass is 19.4. The molecule has 174 valence electrons. The molecule has 1 amide bonds. The van der Waals surface area contributed by atoms with Gasteiger partial charge in [0.2, 0.25) is 0 Å². The lowest BCUT2D eigenvalue weighted by atomic mass is 10.1. The zero-order valence-corrected chi connectivity index (χ0v) is 18.3. The monoisotopic (exact) mass is 452 g/mol. The molecule has 3 rings (SSSR count). The lowest BCUT2D eigenvalue weighted by molar-refractivity contribution is -0.143. The van der Waals surface area contributed by atoms with Crippen LogP contribution in [0.3, 0.4) is 0 Å². The maximum atomic E-state index is 13.6. The van der Waals surface area contributed by atoms with Gasteiger partial charge in [-0.15, -0.1) is 0 Å². The van der Waals surface area contributed by atoms with Gasteiger partial charge in [0.25, 0.3) is 5.91 Å². The summed E-state index contributed by atoms with van der Waals surface area (Å²) in [6, 6.07) is 6.07. The first kappa shape index (κ1) is 23.8. The Labute approximate surface area is 184 Å². The average molecular weight is 452 g/mol. The van der Waals surface area contributed by atoms with E-state index >= 15 is 0 Å². The van der Waals surface area contributed by atoms with Gasteiger partial charge in [0.05, 0.1) is 18.5 Å². The van der Waals surface area contributed by atoms with Crippen LogP contribution in [0.2, 0.25) is 0 Å². The van der Waals surface area contributed by atoms with Crippen molar-refractivity contribution in [3.05, 3.63) is 47.3 Å². The van der Waals surface area contributed by atoms with E-state index in [1.807, 2.05) is 0 Å². The Balaban J connectivity index is 1.72. The highest BCUT2D eigenvalue weighted by Gasteiger charge is 2.41. The fourth-order valence-electron chi connectivity index (χ4n) is 3.77. The molecule has 0 radical (unpaired) electrons. The van der Waals surface area contributed by atoms with Crippen LogP contribution in [0, 0.1) is 5.92 Å². The molecule has 1 atom stereocenters. The van der Waals surface area contributed by atoms with Crippen molar-refractivity contribution in [3.8, 4) is 5.69 Å². The summed E-state index contributed by atoms with van der Waals surface area (Å²) in [6.07, 6.45) is -2.97. The summed E-state index contributed by atoms with van der Waals surface area (Å²) in [6.45, 7) is 8.22. The number of alkyl halides is 3. The number of amides is 1. The van der Waals surface area contributed by atoms with Gasteiger partial charge in [-0.05, 0) is 63.9 Å². The van der Waals surface area contributed by atoms with Gasteiger partial charge in [-0.1, -0.05) is 0 Å². The van der Waals surface area contributed by atoms with Crippen LogP contribution in [-0.2, 0) is 10.9 Å². The molecule has 0 saturated carbocycles. The number of carbonyl (C=O) groups excluding carboxylic acids is 2. The number of benzene rings is 1. The summed E-state index contributed by atoms with van der Waals surface area (Å²) < 4.78 is 46.2. The number of halogens is 3. The number of likely N-dealkylation sites (tertiary alicyclic amines) is 1. The van der Waals surface area contributed by atoms with Crippen molar-refractivity contribution < 1.29 is 27.5 Å². The molecular formula is C22H27F3N4O3. The first-order valence-corrected chi connectivity index (χ1v) is 10.6. The largest absolute Gasteiger partial charge is 0.462 e. The maximum absolute atomic E-state index is 13.6. The number of rotatable bonds is 7. The molecule has 0 bridgehead atoms. The molecule has 1 aliphatic rings. The normalized spacial score (nSPS) is 17.0. The van der Waals surface area contributed by atoms with Crippen LogP contribution < -0.4 is 5.32 Å². The highest BCUT2D eigenvalue weighted by Crippen LogP contribution is 2.34. The molecule has 1 fully saturated rings. The van der Waals surface area contributed by atoms with Gasteiger partial charge in [-0.2, -0.15) is 18.3 Å². The smallest absolute Gasteiger partial charge is 0.434 e. The number of nitrogens with zero attached hydrogens (tertiary/aromatic N) is 3. The molecule has 1 unspecified atom stereocenters. The lowest BCUT2D eigenvalue weighted by Crippen LogP contribution is -2.33. The molecule has 2 heterocycles. The second-order valence-corrected chi connectivity index (χ2v) is 8.04. The van der Waals surface area contributed by atoms with Crippen molar-refractivity contribution >= 4 is 11.9 Å². The van der Waals surface area contributed by atoms with Crippen molar-refractivity contribution in [1.29, 1.82) is 0 Å². The molecule has 32 heavy (non-hydrogen) atoms. The van der Waals surface area contributed by atoms with Gasteiger partial charge >= 0.3 is 12.1 Å². The molecule has 1 N–H and O–H groups in total. The number of hydrogen-bond acceptors (Lipinski definition) is 5. The minimum Gasteiger partial charge on any atom is -0.462 e. The fraction of sp³-hybridized carbons (Fsp3) is 0.500. The van der Waals surface area contributed by atoms with Gasteiger partial charge in [-0.3, -0.25) is 4.79 Å². The molecular weight excluding hydrogens is 425 g/mol. The highest BCUT2D eigenvalue weighted by molar-refractivity contribution is 5.94. The molecule has 1 aliphatic heterocycles. The Bertz CT molecular complexity index is 954. The van der Waals surface area contributed by atoms with Gasteiger partial charge in [-0.25, -0.2) is 9.48 Å². The molecule has 1 aromatic heterocycles. The van der Waals surface area contributed by atoms with Crippen LogP contribution >= 0.6 is 0 Å². The molecule has 2 aromatic rings. The van der Waals surface area contributed by atoms with Crippen molar-refractivity contribution in [1.82, 2.24) is 20.0 Å². The Morgan fingerprint density at radius 3 is 2.50 bits per heavy atom. The number of ether oxygens (including phenoxy) is 1. The van der Waals surface area contributed by atoms with Crippen molar-refractivity contribution in [2.45, 2.75) is 39.4 Å². The minimum absolute atomic E-state index is 0.0541. The maximum Gasteiger partial charge on any atom is 0.434 e. The van der Waals surface area contributed by atoms with E-state index in [-0.39, 0.29) is 18.2 Å². The van der Waals surface area contributed by atoms with Crippen molar-refractivity contribution in [2.75, 3.05) is 26.2 Å². The van der Waals surface area contributed by atoms with Crippen LogP contribution in [0.4, 0.5) is 13.2 Å². The van der Waals surface area contributed by atoms with Crippen LogP contribution in [-0.4, -0.2) is 58.8 Å². The number of esters is 1. The van der Waals surface area contributed by atoms with E-state index in [0.29, 0.717) is 28.7 Å². The molecule has 0 spiro atoms. The van der Waals surface area contributed by atoms with E-state index in [1.165, 1.54) is 31.2 Å². The Morgan fingerprint density at radius 1 is 1.25 bits per heavy atom. The summed E-state index contributed by atoms with van der Waals surface area (Å²) in [5.41, 5.74) is -1.47. The number of aromatic nitrogens is 2. The fourth-order valence-corrected chi connectivity index (χ4v) is 3.77. The van der Waals surface area contributed by atoms with E-state index in [9.17, 15) is 22.8 Å². The zero-order chi connectivity index (χ0) is 23.5. The Kier molecular flexibility index (Phi) is 7.22. The third-order valence-corrected chi connectivity index (χ3v) is 5.51. The SMILES string of the molecule is CCOC(=O)c1cnn(-c2ccc(C(=O)NCC3CCN(C(C)C)C3)cc2)c1C(F)(F)F. The van der Waals surface area contributed by atoms with Gasteiger partial charge in [0.1, 0.15) is 5.56 Å². The number of nitrogens with one attached hydrogen (secondary N) is 1. The Morgan fingerprint density at radius 2 is 1.94 bits per heavy atom. The molecule has 1 aromatic carbocycles. The summed E-state index contributed by atoms with van der Waals surface area (Å²) in [7, 11) is 0. The van der Waals surface area contributed by atoms with Gasteiger partial charge in [0.15, 0.2) is 5.69 Å². The first-order chi connectivity index (χ1) is 15.1. The standard InChI is InChI=1S/C22H27F3N4O3/c1-4-32-21(31)18-12-27-29(19(18)22(23,24)25)17-7-5-16(6-8-17)20(30)26-11-15-9-10-28(13-15)14(2)3/h5-8,12,14-15H,4,9-11,13H2,1-3H3,(H,26,30). The van der Waals surface area contributed by atoms with Crippen molar-refractivity contribution in [2.24, 2.45) is 5.92 Å². The minimum atomic E-state index is -4.82. The number of hydrogen-bond donors (Lipinski definition) is 1. The lowest BCUT2D eigenvalue weighted by Gasteiger charge is -2.20. The van der Waals surface area contributed by atoms with Gasteiger partial charge < -0.3 is 15.0 Å². The van der Waals surface area contributed by atoms with E-state index in [1.54, 1.807) is 0 Å². The first-order valence-electron chi connectivity index (χ1n) is 10.6. The van der Waals surface area contributed by atoms with Crippen LogP contribution in [0.25, 0.3) is 5.69 Å². The molecule has 10 heteroatoms. The summed E-state index contributed by atoms with van der Waals surface area (Å²) in [4.78, 5) is 26.7. The van der Waals surface area contributed by atoms with E-state index in [0.717, 1.165) is 25.7 Å². The van der Waals surface area contributed by atoms with E-state index in [4.69, 9.17) is 4.74 Å². The van der Waals surface area contributed by atoms with Crippen LogP contribution in [0.5, 0.6) is 0 Å². The third kappa shape index (κ3) is 5.29. The van der Waals surface area contributed by atoms with Crippen LogP contribution in [0.15, 0.2) is 30.5 Å². The topological polar surface area (TPSA) is 76.5 Å². The third-order valence-electron chi connectivity index (χ3n) is 5.51. The van der Waals surface area contributed by atoms with E-state index < -0.39 is 23.4 Å².